The van der Waals surface area contributed by atoms with Gasteiger partial charge in [-0.3, -0.25) is 9.19 Å². The topological polar surface area (TPSA) is 67.9 Å². The van der Waals surface area contributed by atoms with Gasteiger partial charge in [0.2, 0.25) is 0 Å². The number of imidazole rings is 1. The van der Waals surface area contributed by atoms with Crippen LogP contribution in [0, 0.1) is 6.92 Å². The number of fused-ring (bicyclic) bond motifs is 1. The summed E-state index contributed by atoms with van der Waals surface area (Å²) < 4.78 is 54.2. The Bertz CT molecular complexity index is 1030. The largest absolute Gasteiger partial charge is 0.484 e. The van der Waals surface area contributed by atoms with Gasteiger partial charge < -0.3 is 9.72 Å². The van der Waals surface area contributed by atoms with Crippen LogP contribution in [0.15, 0.2) is 29.2 Å². The molecule has 0 aromatic carbocycles. The maximum atomic E-state index is 12.5. The second-order valence-corrected chi connectivity index (χ2v) is 6.55. The molecule has 2 aromatic heterocycles. The van der Waals surface area contributed by atoms with E-state index in [4.69, 9.17) is 4.74 Å². The molecule has 1 atom stereocenters. The van der Waals surface area contributed by atoms with E-state index in [1.807, 2.05) is 0 Å². The first kappa shape index (κ1) is 17.2. The number of allylic oxidation sites excluding steroid dienone is 1. The molecule has 9 heteroatoms. The fraction of sp³-hybridized carbons (Fsp3) is 0.250. The lowest BCUT2D eigenvalue weighted by molar-refractivity contribution is -0.153. The van der Waals surface area contributed by atoms with Crippen molar-refractivity contribution in [2.45, 2.75) is 24.0 Å². The zero-order valence-corrected chi connectivity index (χ0v) is 13.8. The first-order chi connectivity index (χ1) is 11.8. The van der Waals surface area contributed by atoms with Gasteiger partial charge >= 0.3 is 6.18 Å². The predicted octanol–water partition coefficient (Wildman–Crippen LogP) is 1.25. The molecule has 0 radical (unpaired) electrons. The van der Waals surface area contributed by atoms with Crippen molar-refractivity contribution in [1.82, 2.24) is 15.0 Å². The summed E-state index contributed by atoms with van der Waals surface area (Å²) in [6.45, 7) is 0.183. The standard InChI is InChI=1S/C16H12F3N3O2S/c1-10-13(20-7-6-14(10)24-9-16(17,18)19)8-25(23)15-21-11-4-2-3-5-12(11)22-15/h2,4,6-7H,8-9H2,1H3,(H,21,22). The molecule has 1 N–H and O–H groups in total. The van der Waals surface area contributed by atoms with Gasteiger partial charge in [-0.1, -0.05) is 5.73 Å². The zero-order chi connectivity index (χ0) is 18.0. The van der Waals surface area contributed by atoms with Gasteiger partial charge in [0, 0.05) is 11.8 Å². The van der Waals surface area contributed by atoms with Crippen molar-refractivity contribution in [1.29, 1.82) is 0 Å². The van der Waals surface area contributed by atoms with Crippen LogP contribution in [-0.4, -0.2) is 31.9 Å². The van der Waals surface area contributed by atoms with Crippen LogP contribution < -0.4 is 15.4 Å². The molecule has 2 heterocycles. The number of H-pyrrole nitrogens is 1. The highest BCUT2D eigenvalue weighted by Crippen LogP contribution is 2.24. The molecule has 2 aromatic rings. The van der Waals surface area contributed by atoms with Crippen LogP contribution in [0.5, 0.6) is 5.75 Å². The number of pyridine rings is 1. The zero-order valence-electron chi connectivity index (χ0n) is 13.0. The van der Waals surface area contributed by atoms with Crippen LogP contribution in [0.2, 0.25) is 0 Å². The highest BCUT2D eigenvalue weighted by molar-refractivity contribution is 7.84. The normalized spacial score (nSPS) is 13.8. The number of nitrogens with zero attached hydrogens (tertiary/aromatic N) is 2. The number of aromatic amines is 1. The fourth-order valence-electron chi connectivity index (χ4n) is 2.14. The Morgan fingerprint density at radius 3 is 2.92 bits per heavy atom. The number of rotatable bonds is 5. The Labute approximate surface area is 142 Å². The molecule has 1 aliphatic carbocycles. The molecule has 5 nitrogen and oxygen atoms in total. The van der Waals surface area contributed by atoms with Crippen LogP contribution in [-0.2, 0) is 16.6 Å². The van der Waals surface area contributed by atoms with Crippen molar-refractivity contribution >= 4 is 22.6 Å². The maximum absolute atomic E-state index is 12.5. The lowest BCUT2D eigenvalue weighted by atomic mass is 10.2. The molecule has 1 aliphatic rings. The Morgan fingerprint density at radius 1 is 1.40 bits per heavy atom. The van der Waals surface area contributed by atoms with E-state index in [0.29, 0.717) is 22.0 Å². The van der Waals surface area contributed by atoms with E-state index in [-0.39, 0.29) is 16.7 Å². The Balaban J connectivity index is 1.80. The van der Waals surface area contributed by atoms with Crippen LogP contribution in [0.1, 0.15) is 11.3 Å². The van der Waals surface area contributed by atoms with Gasteiger partial charge in [0.25, 0.3) is 0 Å². The molecule has 0 amide bonds. The summed E-state index contributed by atoms with van der Waals surface area (Å²) in [6.07, 6.45) is 0.244. The number of aromatic nitrogens is 3. The van der Waals surface area contributed by atoms with Gasteiger partial charge in [-0.25, -0.2) is 4.98 Å². The van der Waals surface area contributed by atoms with Crippen molar-refractivity contribution in [3.8, 4) is 5.75 Å². The number of alkyl halides is 3. The van der Waals surface area contributed by atoms with E-state index in [9.17, 15) is 17.4 Å². The summed E-state index contributed by atoms with van der Waals surface area (Å²) in [4.78, 5) is 11.2. The van der Waals surface area contributed by atoms with Gasteiger partial charge in [0.1, 0.15) is 11.1 Å². The van der Waals surface area contributed by atoms with Gasteiger partial charge in [0.05, 0.1) is 27.6 Å². The van der Waals surface area contributed by atoms with Crippen LogP contribution in [0.4, 0.5) is 13.2 Å². The molecule has 0 spiro atoms. The summed E-state index contributed by atoms with van der Waals surface area (Å²) in [7, 11) is -1.55. The van der Waals surface area contributed by atoms with E-state index in [1.165, 1.54) is 12.3 Å². The third-order valence-corrected chi connectivity index (χ3v) is 4.53. The average molecular weight is 367 g/mol. The molecule has 0 saturated carbocycles. The molecule has 0 saturated heterocycles. The third kappa shape index (κ3) is 4.09. The van der Waals surface area contributed by atoms with Crippen LogP contribution in [0.3, 0.4) is 0 Å². The first-order valence-corrected chi connectivity index (χ1v) is 8.46. The second kappa shape index (κ2) is 6.72. The minimum absolute atomic E-state index is 0.00140. The van der Waals surface area contributed by atoms with Gasteiger partial charge in [0.15, 0.2) is 11.8 Å². The number of halogens is 3. The third-order valence-electron chi connectivity index (χ3n) is 3.37. The lowest BCUT2D eigenvalue weighted by Crippen LogP contribution is -2.23. The molecule has 25 heavy (non-hydrogen) atoms. The number of hydrogen-bond acceptors (Lipinski definition) is 4. The van der Waals surface area contributed by atoms with E-state index >= 15 is 0 Å². The van der Waals surface area contributed by atoms with Crippen LogP contribution in [0.25, 0.3) is 11.8 Å². The number of hydrogen-bond donors (Lipinski definition) is 1. The summed E-state index contributed by atoms with van der Waals surface area (Å²) >= 11 is 0. The molecule has 1 unspecified atom stereocenters. The summed E-state index contributed by atoms with van der Waals surface area (Å²) in [5.41, 5.74) is 6.38. The monoisotopic (exact) mass is 367 g/mol. The predicted molar refractivity (Wildman–Crippen MR) is 84.4 cm³/mol. The molecular weight excluding hydrogens is 355 g/mol. The summed E-state index contributed by atoms with van der Waals surface area (Å²) in [5, 5.41) is 1.43. The van der Waals surface area contributed by atoms with Crippen molar-refractivity contribution in [2.24, 2.45) is 0 Å². The molecule has 0 aliphatic heterocycles. The Morgan fingerprint density at radius 2 is 2.20 bits per heavy atom. The van der Waals surface area contributed by atoms with Gasteiger partial charge in [-0.15, -0.1) is 0 Å². The highest BCUT2D eigenvalue weighted by Gasteiger charge is 2.29. The van der Waals surface area contributed by atoms with Crippen molar-refractivity contribution in [3.63, 3.8) is 0 Å². The Kier molecular flexibility index (Phi) is 4.63. The molecule has 130 valence electrons. The van der Waals surface area contributed by atoms with E-state index in [2.05, 4.69) is 26.4 Å². The Hall–Kier alpha value is -2.60. The lowest BCUT2D eigenvalue weighted by Gasteiger charge is -2.13. The molecule has 3 rings (SSSR count). The van der Waals surface area contributed by atoms with E-state index < -0.39 is 23.6 Å². The van der Waals surface area contributed by atoms with E-state index in [1.54, 1.807) is 19.1 Å². The summed E-state index contributed by atoms with van der Waals surface area (Å²) in [6, 6.07) is 1.35. The number of ether oxygens (including phenoxy) is 1. The average Bonchev–Trinajstić information content (AvgIpc) is 2.99. The maximum Gasteiger partial charge on any atom is 0.422 e. The van der Waals surface area contributed by atoms with Gasteiger partial charge in [-0.05, 0) is 30.9 Å². The van der Waals surface area contributed by atoms with Crippen molar-refractivity contribution < 1.29 is 22.1 Å². The summed E-state index contributed by atoms with van der Waals surface area (Å²) in [5.74, 6) is 0.0605. The SMILES string of the molecule is Cc1c(OCC(F)(F)F)ccnc1CS(=O)c1nc2c([nH]1)=C=C=CC=2. The van der Waals surface area contributed by atoms with Crippen LogP contribution >= 0.6 is 0 Å². The second-order valence-electron chi connectivity index (χ2n) is 5.18. The van der Waals surface area contributed by atoms with E-state index in [0.717, 1.165) is 0 Å². The minimum Gasteiger partial charge on any atom is -0.484 e. The highest BCUT2D eigenvalue weighted by atomic mass is 32.2. The van der Waals surface area contributed by atoms with Crippen molar-refractivity contribution in [2.75, 3.05) is 6.61 Å². The van der Waals surface area contributed by atoms with Gasteiger partial charge in [-0.2, -0.15) is 13.2 Å². The van der Waals surface area contributed by atoms with Crippen molar-refractivity contribution in [3.05, 3.63) is 46.0 Å². The molecule has 0 fully saturated rings. The quantitative estimate of drug-likeness (QED) is 0.808. The number of nitrogens with one attached hydrogen (secondary N) is 1. The molecular formula is C16H12F3N3O2S. The minimum atomic E-state index is -4.43. The fourth-order valence-corrected chi connectivity index (χ4v) is 3.23. The first-order valence-electron chi connectivity index (χ1n) is 7.14. The smallest absolute Gasteiger partial charge is 0.422 e. The molecule has 0 bridgehead atoms.